The Morgan fingerprint density at radius 3 is 2.28 bits per heavy atom. The van der Waals surface area contributed by atoms with E-state index >= 15 is 0 Å². The number of carboxylic acid groups (broad SMARTS) is 1. The molecule has 0 spiro atoms. The van der Waals surface area contributed by atoms with Crippen molar-refractivity contribution in [3.8, 4) is 0 Å². The van der Waals surface area contributed by atoms with E-state index in [1.54, 1.807) is 36.4 Å². The van der Waals surface area contributed by atoms with Crippen LogP contribution in [0.1, 0.15) is 11.1 Å². The summed E-state index contributed by atoms with van der Waals surface area (Å²) in [6.07, 6.45) is 4.20. The minimum Gasteiger partial charge on any atom is -0.619 e. The first kappa shape index (κ1) is 11.9. The molecule has 0 aliphatic rings. The van der Waals surface area contributed by atoms with Crippen molar-refractivity contribution < 1.29 is 14.6 Å². The first-order valence-electron chi connectivity index (χ1n) is 5.36. The highest BCUT2D eigenvalue weighted by Gasteiger charge is 2.09. The van der Waals surface area contributed by atoms with Gasteiger partial charge in [0.2, 0.25) is 0 Å². The van der Waals surface area contributed by atoms with E-state index in [2.05, 4.69) is 0 Å². The lowest BCUT2D eigenvalue weighted by atomic mass is 10.0. The van der Waals surface area contributed by atoms with E-state index in [0.29, 0.717) is 15.9 Å². The molecule has 2 rings (SSSR count). The lowest BCUT2D eigenvalue weighted by molar-refractivity contribution is -0.605. The lowest BCUT2D eigenvalue weighted by Crippen LogP contribution is -2.23. The smallest absolute Gasteiger partial charge is 0.336 e. The van der Waals surface area contributed by atoms with E-state index in [1.807, 2.05) is 6.07 Å². The van der Waals surface area contributed by atoms with Crippen LogP contribution in [0.2, 0.25) is 0 Å². The minimum absolute atomic E-state index is 0.194. The molecule has 0 aliphatic carbocycles. The van der Waals surface area contributed by atoms with Crippen LogP contribution in [0, 0.1) is 5.21 Å². The second-order valence-corrected chi connectivity index (χ2v) is 3.72. The molecule has 0 fully saturated rings. The summed E-state index contributed by atoms with van der Waals surface area (Å²) in [6.45, 7) is 0. The van der Waals surface area contributed by atoms with Crippen molar-refractivity contribution in [3.05, 3.63) is 71.2 Å². The number of nitrogens with zero attached hydrogens (tertiary/aromatic N) is 1. The number of hydrogen-bond donors (Lipinski definition) is 1. The predicted molar refractivity (Wildman–Crippen MR) is 67.4 cm³/mol. The van der Waals surface area contributed by atoms with Gasteiger partial charge in [-0.25, -0.2) is 4.79 Å². The Labute approximate surface area is 104 Å². The van der Waals surface area contributed by atoms with Crippen molar-refractivity contribution in [2.24, 2.45) is 0 Å². The van der Waals surface area contributed by atoms with E-state index in [0.717, 1.165) is 0 Å². The van der Waals surface area contributed by atoms with Gasteiger partial charge in [0.15, 0.2) is 12.4 Å². The highest BCUT2D eigenvalue weighted by Crippen LogP contribution is 2.17. The lowest BCUT2D eigenvalue weighted by Gasteiger charge is -2.02. The molecule has 2 aromatic rings. The van der Waals surface area contributed by atoms with Crippen molar-refractivity contribution >= 4 is 17.6 Å². The Morgan fingerprint density at radius 1 is 1.11 bits per heavy atom. The van der Waals surface area contributed by atoms with Crippen LogP contribution in [0.4, 0.5) is 0 Å². The molecule has 4 heteroatoms. The third kappa shape index (κ3) is 2.74. The third-order valence-electron chi connectivity index (χ3n) is 2.45. The highest BCUT2D eigenvalue weighted by atomic mass is 16.5. The monoisotopic (exact) mass is 241 g/mol. The molecule has 90 valence electrons. The molecule has 1 aromatic carbocycles. The molecule has 1 heterocycles. The molecular formula is C14H11NO3. The number of carboxylic acids is 1. The molecular weight excluding hydrogens is 230 g/mol. The first-order chi connectivity index (χ1) is 8.66. The topological polar surface area (TPSA) is 64.2 Å². The summed E-state index contributed by atoms with van der Waals surface area (Å²) >= 11 is 0. The Kier molecular flexibility index (Phi) is 3.38. The van der Waals surface area contributed by atoms with Crippen LogP contribution in [-0.4, -0.2) is 11.1 Å². The van der Waals surface area contributed by atoms with Gasteiger partial charge in [0.05, 0.1) is 5.57 Å². The fraction of sp³-hybridized carbons (Fsp3) is 0. The maximum absolute atomic E-state index is 11.2. The van der Waals surface area contributed by atoms with Gasteiger partial charge in [0.25, 0.3) is 0 Å². The first-order valence-corrected chi connectivity index (χ1v) is 5.36. The van der Waals surface area contributed by atoms with E-state index < -0.39 is 5.97 Å². The summed E-state index contributed by atoms with van der Waals surface area (Å²) < 4.78 is 0.653. The van der Waals surface area contributed by atoms with Crippen LogP contribution in [0.5, 0.6) is 0 Å². The molecule has 1 aromatic heterocycles. The second kappa shape index (κ2) is 5.14. The van der Waals surface area contributed by atoms with Crippen molar-refractivity contribution in [1.82, 2.24) is 0 Å². The number of pyridine rings is 1. The maximum atomic E-state index is 11.2. The number of benzene rings is 1. The second-order valence-electron chi connectivity index (χ2n) is 3.72. The fourth-order valence-electron chi connectivity index (χ4n) is 1.57. The maximum Gasteiger partial charge on any atom is 0.336 e. The van der Waals surface area contributed by atoms with Gasteiger partial charge < -0.3 is 10.3 Å². The van der Waals surface area contributed by atoms with Crippen LogP contribution in [0.3, 0.4) is 0 Å². The van der Waals surface area contributed by atoms with Crippen molar-refractivity contribution in [2.45, 2.75) is 0 Å². The summed E-state index contributed by atoms with van der Waals surface area (Å²) in [6, 6.07) is 12.0. The van der Waals surface area contributed by atoms with Crippen LogP contribution in [0.15, 0.2) is 54.9 Å². The third-order valence-corrected chi connectivity index (χ3v) is 2.45. The van der Waals surface area contributed by atoms with E-state index in [1.165, 1.54) is 18.5 Å². The summed E-state index contributed by atoms with van der Waals surface area (Å²) in [7, 11) is 0. The molecule has 0 amide bonds. The Morgan fingerprint density at radius 2 is 1.72 bits per heavy atom. The number of carbonyl (C=O) groups is 1. The van der Waals surface area contributed by atoms with Gasteiger partial charge in [-0.1, -0.05) is 30.3 Å². The van der Waals surface area contributed by atoms with Crippen molar-refractivity contribution in [1.29, 1.82) is 0 Å². The van der Waals surface area contributed by atoms with Gasteiger partial charge in [-0.05, 0) is 17.2 Å². The number of aliphatic carboxylic acids is 1. The Hall–Kier alpha value is -2.62. The van der Waals surface area contributed by atoms with Gasteiger partial charge in [-0.15, -0.1) is 0 Å². The summed E-state index contributed by atoms with van der Waals surface area (Å²) in [4.78, 5) is 11.2. The molecule has 0 atom stereocenters. The molecule has 0 bridgehead atoms. The van der Waals surface area contributed by atoms with Crippen LogP contribution in [-0.2, 0) is 4.79 Å². The average Bonchev–Trinajstić information content (AvgIpc) is 2.38. The van der Waals surface area contributed by atoms with Crippen LogP contribution in [0.25, 0.3) is 11.6 Å². The minimum atomic E-state index is -1.000. The Bertz CT molecular complexity index is 574. The molecule has 0 aliphatic heterocycles. The van der Waals surface area contributed by atoms with E-state index in [4.69, 9.17) is 0 Å². The normalized spacial score (nSPS) is 11.2. The molecule has 4 nitrogen and oxygen atoms in total. The molecule has 1 N–H and O–H groups in total. The zero-order valence-corrected chi connectivity index (χ0v) is 9.48. The van der Waals surface area contributed by atoms with Gasteiger partial charge >= 0.3 is 5.97 Å². The molecule has 0 radical (unpaired) electrons. The van der Waals surface area contributed by atoms with Gasteiger partial charge in [-0.2, -0.15) is 4.73 Å². The standard InChI is InChI=1S/C14H11NO3/c16-14(17)13(12-4-2-1-3-5-12)10-11-6-8-15(18)9-7-11/h1-10H,(H,16,17)/b13-10+. The number of rotatable bonds is 3. The highest BCUT2D eigenvalue weighted by molar-refractivity contribution is 6.20. The van der Waals surface area contributed by atoms with Gasteiger partial charge in [0, 0.05) is 12.1 Å². The van der Waals surface area contributed by atoms with E-state index in [-0.39, 0.29) is 5.57 Å². The fourth-order valence-corrected chi connectivity index (χ4v) is 1.57. The van der Waals surface area contributed by atoms with Crippen LogP contribution >= 0.6 is 0 Å². The molecule has 18 heavy (non-hydrogen) atoms. The number of aromatic nitrogens is 1. The molecule has 0 unspecified atom stereocenters. The summed E-state index contributed by atoms with van der Waals surface area (Å²) in [5.74, 6) is -1.000. The van der Waals surface area contributed by atoms with Crippen LogP contribution < -0.4 is 4.73 Å². The molecule has 0 saturated heterocycles. The quantitative estimate of drug-likeness (QED) is 0.507. The largest absolute Gasteiger partial charge is 0.619 e. The van der Waals surface area contributed by atoms with E-state index in [9.17, 15) is 15.1 Å². The average molecular weight is 241 g/mol. The summed E-state index contributed by atoms with van der Waals surface area (Å²) in [5.41, 5.74) is 1.49. The van der Waals surface area contributed by atoms with Crippen molar-refractivity contribution in [2.75, 3.05) is 0 Å². The zero-order valence-electron chi connectivity index (χ0n) is 9.48. The Balaban J connectivity index is 2.43. The zero-order chi connectivity index (χ0) is 13.0. The predicted octanol–water partition coefficient (Wildman–Crippen LogP) is 1.95. The van der Waals surface area contributed by atoms with Gasteiger partial charge in [-0.3, -0.25) is 0 Å². The SMILES string of the molecule is O=C(O)/C(=C/c1cc[n+]([O-])cc1)c1ccccc1. The van der Waals surface area contributed by atoms with Gasteiger partial charge in [0.1, 0.15) is 0 Å². The number of hydrogen-bond acceptors (Lipinski definition) is 2. The molecule has 0 saturated carbocycles. The summed E-state index contributed by atoms with van der Waals surface area (Å²) in [5, 5.41) is 20.1. The van der Waals surface area contributed by atoms with Crippen molar-refractivity contribution in [3.63, 3.8) is 0 Å².